The van der Waals surface area contributed by atoms with E-state index in [4.69, 9.17) is 21.1 Å². The summed E-state index contributed by atoms with van der Waals surface area (Å²) >= 11 is 7.24. The molecule has 0 spiro atoms. The predicted octanol–water partition coefficient (Wildman–Crippen LogP) is 8.67. The summed E-state index contributed by atoms with van der Waals surface area (Å²) in [4.78, 5) is 57.3. The number of ether oxygens (including phenoxy) is 2. The monoisotopic (exact) mass is 803 g/mol. The Labute approximate surface area is 343 Å². The van der Waals surface area contributed by atoms with Gasteiger partial charge in [-0.2, -0.15) is 0 Å². The van der Waals surface area contributed by atoms with Crippen LogP contribution in [0.5, 0.6) is 0 Å². The lowest BCUT2D eigenvalue weighted by atomic mass is 9.91. The first-order valence-corrected chi connectivity index (χ1v) is 20.4. The lowest BCUT2D eigenvalue weighted by Crippen LogP contribution is -2.43. The van der Waals surface area contributed by atoms with Gasteiger partial charge in [-0.25, -0.2) is 14.6 Å². The summed E-state index contributed by atoms with van der Waals surface area (Å²) in [5.74, 6) is -0.0497. The Morgan fingerprint density at radius 2 is 1.69 bits per heavy atom. The lowest BCUT2D eigenvalue weighted by Gasteiger charge is -2.25. The molecule has 302 valence electrons. The number of nitrogens with one attached hydrogen (secondary N) is 2. The summed E-state index contributed by atoms with van der Waals surface area (Å²) in [5.41, 5.74) is 9.03. The molecular weight excluding hydrogens is 754 g/mol. The molecule has 2 aliphatic rings. The summed E-state index contributed by atoms with van der Waals surface area (Å²) in [5, 5.41) is 6.56. The Bertz CT molecular complexity index is 2440. The standard InChI is InChI=1S/C46H50ClN5O6/c1-6-7-20-57-45(56)51(27-34-16-17-41(53)49-34)26-33-25-48-40-24-31(18-19-52(40)43(33)54)36-10-8-11-37(28(36)2)39-13-9-12-38(42(39)47)30-15-14-29-22-35(23-32(29)21-30)50-44(55)58-46(3,4)5/h8-15,18-19,21,24-25,34-35H,6-7,16-17,20,22-23,26-27H2,1-5H3,(H,49,53)(H,50,55)/t34-,35?/m0/s1. The minimum absolute atomic E-state index is 0.00606. The molecule has 2 N–H and O–H groups in total. The van der Waals surface area contributed by atoms with E-state index >= 15 is 0 Å². The molecule has 11 nitrogen and oxygen atoms in total. The minimum Gasteiger partial charge on any atom is -0.449 e. The lowest BCUT2D eigenvalue weighted by molar-refractivity contribution is -0.119. The summed E-state index contributed by atoms with van der Waals surface area (Å²) in [6.45, 7) is 10.2. The molecule has 58 heavy (non-hydrogen) atoms. The molecule has 1 fully saturated rings. The zero-order chi connectivity index (χ0) is 41.1. The molecule has 1 aliphatic carbocycles. The summed E-state index contributed by atoms with van der Waals surface area (Å²) in [6.07, 6.45) is 6.39. The van der Waals surface area contributed by atoms with Gasteiger partial charge in [0.1, 0.15) is 11.2 Å². The van der Waals surface area contributed by atoms with E-state index in [9.17, 15) is 19.2 Å². The van der Waals surface area contributed by atoms with Crippen molar-refractivity contribution in [2.24, 2.45) is 0 Å². The molecule has 1 saturated heterocycles. The second-order valence-corrected chi connectivity index (χ2v) is 16.6. The zero-order valence-electron chi connectivity index (χ0n) is 33.7. The Morgan fingerprint density at radius 1 is 0.966 bits per heavy atom. The minimum atomic E-state index is -0.560. The number of aromatic nitrogens is 2. The average Bonchev–Trinajstić information content (AvgIpc) is 3.79. The maximum absolute atomic E-state index is 13.8. The van der Waals surface area contributed by atoms with E-state index in [1.54, 1.807) is 6.20 Å². The van der Waals surface area contributed by atoms with Gasteiger partial charge in [-0.05, 0) is 104 Å². The van der Waals surface area contributed by atoms with Gasteiger partial charge in [0.15, 0.2) is 0 Å². The van der Waals surface area contributed by atoms with Crippen LogP contribution in [0.25, 0.3) is 39.0 Å². The zero-order valence-corrected chi connectivity index (χ0v) is 34.4. The highest BCUT2D eigenvalue weighted by molar-refractivity contribution is 6.36. The molecule has 1 unspecified atom stereocenters. The van der Waals surface area contributed by atoms with Gasteiger partial charge in [0.25, 0.3) is 5.56 Å². The maximum atomic E-state index is 13.8. The van der Waals surface area contributed by atoms with Crippen molar-refractivity contribution in [1.29, 1.82) is 0 Å². The fraction of sp³-hybridized carbons (Fsp3) is 0.370. The van der Waals surface area contributed by atoms with Crippen LogP contribution >= 0.6 is 11.6 Å². The number of rotatable bonds is 11. The van der Waals surface area contributed by atoms with Crippen LogP contribution in [-0.2, 0) is 33.7 Å². The van der Waals surface area contributed by atoms with E-state index in [1.807, 2.05) is 70.2 Å². The molecule has 0 bridgehead atoms. The highest BCUT2D eigenvalue weighted by Gasteiger charge is 2.28. The number of hydrogen-bond donors (Lipinski definition) is 2. The summed E-state index contributed by atoms with van der Waals surface area (Å²) < 4.78 is 12.5. The van der Waals surface area contributed by atoms with Crippen LogP contribution in [0.15, 0.2) is 83.9 Å². The van der Waals surface area contributed by atoms with Crippen LogP contribution in [-0.4, -0.2) is 63.2 Å². The molecule has 0 radical (unpaired) electrons. The molecule has 0 saturated carbocycles. The quantitative estimate of drug-likeness (QED) is 0.128. The SMILES string of the molecule is CCCCOC(=O)N(Cc1cnc2cc(-c3cccc(-c4cccc(-c5ccc6c(c5)CC(NC(=O)OC(C)(C)C)C6)c4Cl)c3C)ccn2c1=O)C[C@@H]1CCC(=O)N1. The number of fused-ring (bicyclic) bond motifs is 2. The topological polar surface area (TPSA) is 131 Å². The third-order valence-corrected chi connectivity index (χ3v) is 11.2. The molecule has 2 atom stereocenters. The maximum Gasteiger partial charge on any atom is 0.410 e. The van der Waals surface area contributed by atoms with Gasteiger partial charge in [0.2, 0.25) is 5.91 Å². The molecule has 12 heteroatoms. The van der Waals surface area contributed by atoms with Crippen LogP contribution in [0.3, 0.4) is 0 Å². The number of carbonyl (C=O) groups is 3. The molecule has 3 heterocycles. The van der Waals surface area contributed by atoms with Gasteiger partial charge >= 0.3 is 12.2 Å². The fourth-order valence-electron chi connectivity index (χ4n) is 7.84. The molecule has 7 rings (SSSR count). The number of unbranched alkanes of at least 4 members (excludes halogenated alkanes) is 1. The first-order valence-electron chi connectivity index (χ1n) is 20.0. The van der Waals surface area contributed by atoms with E-state index in [1.165, 1.54) is 26.6 Å². The van der Waals surface area contributed by atoms with Gasteiger partial charge in [0, 0.05) is 48.6 Å². The van der Waals surface area contributed by atoms with Crippen molar-refractivity contribution < 1.29 is 23.9 Å². The van der Waals surface area contributed by atoms with E-state index in [0.717, 1.165) is 58.2 Å². The Kier molecular flexibility index (Phi) is 11.9. The van der Waals surface area contributed by atoms with Crippen LogP contribution in [0.2, 0.25) is 5.02 Å². The van der Waals surface area contributed by atoms with Crippen molar-refractivity contribution in [2.75, 3.05) is 13.2 Å². The third kappa shape index (κ3) is 9.05. The second kappa shape index (κ2) is 17.0. The smallest absolute Gasteiger partial charge is 0.410 e. The van der Waals surface area contributed by atoms with Crippen LogP contribution in [0, 0.1) is 6.92 Å². The predicted molar refractivity (Wildman–Crippen MR) is 226 cm³/mol. The molecular formula is C46H50ClN5O6. The van der Waals surface area contributed by atoms with Crippen molar-refractivity contribution in [3.8, 4) is 33.4 Å². The number of amides is 3. The van der Waals surface area contributed by atoms with E-state index < -0.39 is 17.8 Å². The van der Waals surface area contributed by atoms with E-state index in [0.29, 0.717) is 35.5 Å². The van der Waals surface area contributed by atoms with Gasteiger partial charge < -0.3 is 25.0 Å². The largest absolute Gasteiger partial charge is 0.449 e. The van der Waals surface area contributed by atoms with Gasteiger partial charge in [-0.15, -0.1) is 0 Å². The molecule has 1 aliphatic heterocycles. The summed E-state index contributed by atoms with van der Waals surface area (Å²) in [6, 6.07) is 22.1. The number of nitrogens with zero attached hydrogens (tertiary/aromatic N) is 3. The molecule has 5 aromatic rings. The number of alkyl carbamates (subject to hydrolysis) is 1. The van der Waals surface area contributed by atoms with Crippen molar-refractivity contribution >= 4 is 35.3 Å². The van der Waals surface area contributed by atoms with Gasteiger partial charge in [-0.1, -0.05) is 79.5 Å². The first-order chi connectivity index (χ1) is 27.8. The highest BCUT2D eigenvalue weighted by atomic mass is 35.5. The number of carbonyl (C=O) groups excluding carboxylic acids is 3. The Balaban J connectivity index is 1.12. The van der Waals surface area contributed by atoms with E-state index in [-0.39, 0.29) is 43.2 Å². The molecule has 3 amide bonds. The number of pyridine rings is 1. The van der Waals surface area contributed by atoms with Gasteiger partial charge in [-0.3, -0.25) is 14.0 Å². The Morgan fingerprint density at radius 3 is 2.43 bits per heavy atom. The van der Waals surface area contributed by atoms with Crippen LogP contribution in [0.1, 0.15) is 75.6 Å². The number of halogens is 1. The highest BCUT2D eigenvalue weighted by Crippen LogP contribution is 2.41. The first kappa shape index (κ1) is 40.5. The number of benzene rings is 3. The average molecular weight is 804 g/mol. The van der Waals surface area contributed by atoms with Crippen molar-refractivity contribution in [1.82, 2.24) is 24.9 Å². The fourth-order valence-corrected chi connectivity index (χ4v) is 8.18. The van der Waals surface area contributed by atoms with Crippen LogP contribution in [0.4, 0.5) is 9.59 Å². The summed E-state index contributed by atoms with van der Waals surface area (Å²) in [7, 11) is 0. The normalized spacial score (nSPS) is 16.2. The molecule has 3 aromatic carbocycles. The molecule has 2 aromatic heterocycles. The van der Waals surface area contributed by atoms with E-state index in [2.05, 4.69) is 46.8 Å². The number of hydrogen-bond acceptors (Lipinski definition) is 7. The van der Waals surface area contributed by atoms with Crippen molar-refractivity contribution in [2.45, 2.75) is 97.4 Å². The van der Waals surface area contributed by atoms with Crippen LogP contribution < -0.4 is 16.2 Å². The van der Waals surface area contributed by atoms with Crippen molar-refractivity contribution in [3.05, 3.63) is 117 Å². The van der Waals surface area contributed by atoms with Crippen molar-refractivity contribution in [3.63, 3.8) is 0 Å². The van der Waals surface area contributed by atoms with Gasteiger partial charge in [0.05, 0.1) is 23.7 Å². The second-order valence-electron chi connectivity index (χ2n) is 16.3. The third-order valence-electron chi connectivity index (χ3n) is 10.8. The Hall–Kier alpha value is -5.68.